The van der Waals surface area contributed by atoms with E-state index in [0.29, 0.717) is 45.2 Å². The number of anilines is 1. The molecule has 2 aromatic rings. The van der Waals surface area contributed by atoms with Gasteiger partial charge in [-0.15, -0.1) is 12.4 Å². The molecule has 47 heavy (non-hydrogen) atoms. The first kappa shape index (κ1) is 43.2. The Labute approximate surface area is 301 Å². The lowest BCUT2D eigenvalue weighted by atomic mass is 9.97. The molecule has 9 heteroatoms. The Hall–Kier alpha value is -1.81. The Balaban J connectivity index is 0.00000552. The van der Waals surface area contributed by atoms with Crippen molar-refractivity contribution in [2.75, 3.05) is 71.0 Å². The number of hydrogen-bond donors (Lipinski definition) is 1. The number of carbonyl (C=O) groups excluding carboxylic acids is 2. The molecule has 1 saturated heterocycles. The lowest BCUT2D eigenvalue weighted by molar-refractivity contribution is -0.921. The van der Waals surface area contributed by atoms with Crippen LogP contribution in [0, 0.1) is 27.7 Å². The average molecular weight is 739 g/mol. The Bertz CT molecular complexity index is 1190. The van der Waals surface area contributed by atoms with Crippen LogP contribution >= 0.6 is 12.4 Å². The second-order valence-corrected chi connectivity index (χ2v) is 13.1. The molecule has 0 radical (unpaired) electrons. The van der Waals surface area contributed by atoms with Gasteiger partial charge in [0.25, 0.3) is 0 Å². The number of nitrogens with zero attached hydrogens (tertiary/aromatic N) is 2. The molecule has 1 amide bonds. The zero-order chi connectivity index (χ0) is 32.7. The third kappa shape index (κ3) is 13.9. The molecule has 2 unspecified atom stereocenters. The zero-order valence-electron chi connectivity index (χ0n) is 29.9. The highest BCUT2D eigenvalue weighted by atomic mass is 79.9. The predicted molar refractivity (Wildman–Crippen MR) is 192 cm³/mol. The molecule has 1 N–H and O–H groups in total. The number of amides is 1. The maximum Gasteiger partial charge on any atom is 0.241 e. The van der Waals surface area contributed by atoms with Gasteiger partial charge in [-0.2, -0.15) is 0 Å². The summed E-state index contributed by atoms with van der Waals surface area (Å²) in [6.07, 6.45) is 6.84. The molecule has 7 nitrogen and oxygen atoms in total. The first-order valence-electron chi connectivity index (χ1n) is 17.4. The van der Waals surface area contributed by atoms with Gasteiger partial charge in [0.15, 0.2) is 5.78 Å². The highest BCUT2D eigenvalue weighted by molar-refractivity contribution is 5.96. The highest BCUT2D eigenvalue weighted by Gasteiger charge is 2.30. The van der Waals surface area contributed by atoms with E-state index in [2.05, 4.69) is 56.1 Å². The van der Waals surface area contributed by atoms with Crippen LogP contribution in [0.5, 0.6) is 0 Å². The van der Waals surface area contributed by atoms with Crippen molar-refractivity contribution in [2.24, 2.45) is 0 Å². The summed E-state index contributed by atoms with van der Waals surface area (Å²) in [6.45, 7) is 20.0. The first-order chi connectivity index (χ1) is 21.7. The van der Waals surface area contributed by atoms with E-state index >= 15 is 0 Å². The second-order valence-electron chi connectivity index (χ2n) is 13.1. The van der Waals surface area contributed by atoms with E-state index in [-0.39, 0.29) is 41.3 Å². The first-order valence-corrected chi connectivity index (χ1v) is 17.4. The van der Waals surface area contributed by atoms with E-state index in [1.165, 1.54) is 16.7 Å². The molecule has 1 aliphatic rings. The number of aryl methyl sites for hydroxylation is 4. The van der Waals surface area contributed by atoms with Crippen LogP contribution in [0.4, 0.5) is 5.69 Å². The summed E-state index contributed by atoms with van der Waals surface area (Å²) in [5.74, 6) is 0.402. The molecular weight excluding hydrogens is 678 g/mol. The number of carbonyl (C=O) groups is 2. The fraction of sp³-hybridized carbons (Fsp3) is 0.632. The van der Waals surface area contributed by atoms with Crippen LogP contribution in [-0.4, -0.2) is 92.8 Å². The van der Waals surface area contributed by atoms with Gasteiger partial charge in [-0.1, -0.05) is 63.1 Å². The number of ketones is 1. The number of nitrogens with one attached hydrogen (secondary N) is 1. The predicted octanol–water partition coefficient (Wildman–Crippen LogP) is 4.01. The van der Waals surface area contributed by atoms with Crippen molar-refractivity contribution in [3.63, 3.8) is 0 Å². The third-order valence-corrected chi connectivity index (χ3v) is 9.46. The van der Waals surface area contributed by atoms with E-state index in [9.17, 15) is 9.59 Å². The van der Waals surface area contributed by atoms with Gasteiger partial charge in [0.1, 0.15) is 13.1 Å². The average Bonchev–Trinajstić information content (AvgIpc) is 3.01. The molecular formula is C38H61BrClN3O4. The zero-order valence-corrected chi connectivity index (χ0v) is 32.3. The summed E-state index contributed by atoms with van der Waals surface area (Å²) in [6, 6.07) is 12.3. The van der Waals surface area contributed by atoms with Crippen LogP contribution in [0.25, 0.3) is 0 Å². The number of rotatable bonds is 20. The molecule has 0 spiro atoms. The Morgan fingerprint density at radius 3 is 2.06 bits per heavy atom. The van der Waals surface area contributed by atoms with Gasteiger partial charge in [-0.05, 0) is 87.7 Å². The van der Waals surface area contributed by atoms with E-state index in [1.54, 1.807) is 0 Å². The van der Waals surface area contributed by atoms with Crippen LogP contribution in [0.2, 0.25) is 0 Å². The molecule has 3 rings (SSSR count). The van der Waals surface area contributed by atoms with Gasteiger partial charge in [0.05, 0.1) is 45.6 Å². The van der Waals surface area contributed by atoms with Crippen molar-refractivity contribution in [3.05, 3.63) is 64.2 Å². The fourth-order valence-corrected chi connectivity index (χ4v) is 6.83. The lowest BCUT2D eigenvalue weighted by Gasteiger charge is -2.38. The van der Waals surface area contributed by atoms with Crippen LogP contribution < -0.4 is 22.3 Å². The van der Waals surface area contributed by atoms with Crippen molar-refractivity contribution in [1.29, 1.82) is 0 Å². The van der Waals surface area contributed by atoms with Gasteiger partial charge in [0.2, 0.25) is 5.91 Å². The van der Waals surface area contributed by atoms with Gasteiger partial charge in [-0.25, -0.2) is 0 Å². The normalized spacial score (nSPS) is 16.1. The second kappa shape index (κ2) is 22.8. The number of halogens is 2. The van der Waals surface area contributed by atoms with Crippen molar-refractivity contribution < 1.29 is 40.5 Å². The minimum Gasteiger partial charge on any atom is -1.00 e. The Morgan fingerprint density at radius 1 is 0.830 bits per heavy atom. The minimum absolute atomic E-state index is 0. The maximum atomic E-state index is 13.4. The number of ether oxygens (including phenoxy) is 2. The molecule has 0 aromatic heterocycles. The van der Waals surface area contributed by atoms with Gasteiger partial charge in [0, 0.05) is 18.7 Å². The smallest absolute Gasteiger partial charge is 0.241 e. The van der Waals surface area contributed by atoms with Crippen molar-refractivity contribution >= 4 is 29.8 Å². The highest BCUT2D eigenvalue weighted by Crippen LogP contribution is 2.23. The molecule has 0 bridgehead atoms. The van der Waals surface area contributed by atoms with Crippen LogP contribution in [0.1, 0.15) is 80.2 Å². The van der Waals surface area contributed by atoms with Gasteiger partial charge in [-0.3, -0.25) is 14.5 Å². The molecule has 2 aromatic carbocycles. The fourth-order valence-electron chi connectivity index (χ4n) is 6.83. The largest absolute Gasteiger partial charge is 1.00 e. The van der Waals surface area contributed by atoms with Gasteiger partial charge < -0.3 is 36.3 Å². The number of piperidine rings is 1. The number of Topliss-reactive ketones (excluding diaryl/α,β-unsaturated/α-hetero) is 1. The molecule has 2 atom stereocenters. The minimum atomic E-state index is -0.123. The summed E-state index contributed by atoms with van der Waals surface area (Å²) >= 11 is 0. The number of benzene rings is 2. The maximum absolute atomic E-state index is 13.4. The molecule has 0 saturated carbocycles. The van der Waals surface area contributed by atoms with Gasteiger partial charge >= 0.3 is 0 Å². The van der Waals surface area contributed by atoms with Crippen molar-refractivity contribution in [2.45, 2.75) is 92.5 Å². The summed E-state index contributed by atoms with van der Waals surface area (Å²) in [7, 11) is 0. The lowest BCUT2D eigenvalue weighted by Crippen LogP contribution is -3.00. The summed E-state index contributed by atoms with van der Waals surface area (Å²) in [5, 5.41) is 3.20. The summed E-state index contributed by atoms with van der Waals surface area (Å²) < 4.78 is 12.8. The Kier molecular flexibility index (Phi) is 20.9. The number of likely N-dealkylation sites (tertiary alicyclic amines) is 1. The summed E-state index contributed by atoms with van der Waals surface area (Å²) in [5.41, 5.74) is 6.70. The van der Waals surface area contributed by atoms with Crippen LogP contribution in [0.3, 0.4) is 0 Å². The number of unbranched alkanes of at least 4 members (excludes halogenated alkanes) is 1. The van der Waals surface area contributed by atoms with E-state index in [4.69, 9.17) is 9.47 Å². The number of hydrogen-bond acceptors (Lipinski definition) is 5. The molecule has 1 heterocycles. The SMILES string of the molecule is CCCC[N+](CCC)(CCOCCOCCN1CCCCC1C(=O)Nc1c(C)cccc1C)CC(=O)Cc1c(C)cccc1C.Cl.[Br-]. The van der Waals surface area contributed by atoms with Crippen LogP contribution in [0.15, 0.2) is 36.4 Å². The molecule has 266 valence electrons. The quantitative estimate of drug-likeness (QED) is 0.165. The monoisotopic (exact) mass is 737 g/mol. The standard InChI is InChI=1S/C38H59N3O4.BrH.ClH/c1-7-9-22-41(21-8-2,29-34(42)28-35-30(3)14-12-15-31(35)4)23-25-45-27-26-44-24-20-40-19-11-10-18-36(40)38(43)39-37-32(5)16-13-17-33(37)6;;/h12-17,36H,7-11,18-29H2,1-6H3;2*1H. The number of para-hydroxylation sites is 1. The topological polar surface area (TPSA) is 67.9 Å². The van der Waals surface area contributed by atoms with Crippen molar-refractivity contribution in [1.82, 2.24) is 4.90 Å². The Morgan fingerprint density at radius 2 is 1.45 bits per heavy atom. The molecule has 0 aliphatic carbocycles. The van der Waals surface area contributed by atoms with E-state index in [0.717, 1.165) is 92.5 Å². The third-order valence-electron chi connectivity index (χ3n) is 9.46. The van der Waals surface area contributed by atoms with Crippen molar-refractivity contribution in [3.8, 4) is 0 Å². The van der Waals surface area contributed by atoms with Crippen LogP contribution in [-0.2, 0) is 25.5 Å². The van der Waals surface area contributed by atoms with E-state index < -0.39 is 0 Å². The van der Waals surface area contributed by atoms with E-state index in [1.807, 2.05) is 32.0 Å². The molecule has 1 fully saturated rings. The summed E-state index contributed by atoms with van der Waals surface area (Å²) in [4.78, 5) is 28.9. The molecule has 1 aliphatic heterocycles. The number of quaternary nitrogens is 1.